The van der Waals surface area contributed by atoms with Crippen molar-refractivity contribution in [2.75, 3.05) is 21.3 Å². The molecule has 9 heteroatoms. The van der Waals surface area contributed by atoms with Crippen LogP contribution in [0.25, 0.3) is 15.5 Å². The van der Waals surface area contributed by atoms with Crippen molar-refractivity contribution in [3.05, 3.63) is 48.3 Å². The van der Waals surface area contributed by atoms with Crippen LogP contribution in [0.5, 0.6) is 23.0 Å². The smallest absolute Gasteiger partial charge is 0.235 e. The van der Waals surface area contributed by atoms with Crippen LogP contribution in [0, 0.1) is 0 Å². The molecule has 0 saturated carbocycles. The fourth-order valence-corrected chi connectivity index (χ4v) is 3.61. The zero-order chi connectivity index (χ0) is 19.5. The van der Waals surface area contributed by atoms with Crippen LogP contribution in [0.1, 0.15) is 5.82 Å². The average Bonchev–Trinajstić information content (AvgIpc) is 3.33. The molecule has 0 aliphatic rings. The van der Waals surface area contributed by atoms with Crippen LogP contribution >= 0.6 is 11.3 Å². The number of para-hydroxylation sites is 1. The molecule has 28 heavy (non-hydrogen) atoms. The number of benzene rings is 2. The largest absolute Gasteiger partial charge is 0.497 e. The van der Waals surface area contributed by atoms with Crippen LogP contribution in [0.3, 0.4) is 0 Å². The molecule has 2 aromatic carbocycles. The topological polar surface area (TPSA) is 80.0 Å². The maximum Gasteiger partial charge on any atom is 0.235 e. The van der Waals surface area contributed by atoms with Gasteiger partial charge in [0.15, 0.2) is 22.3 Å². The average molecular weight is 398 g/mol. The lowest BCUT2D eigenvalue weighted by molar-refractivity contribution is 0.292. The van der Waals surface area contributed by atoms with Gasteiger partial charge >= 0.3 is 0 Å². The highest BCUT2D eigenvalue weighted by molar-refractivity contribution is 7.19. The number of aromatic nitrogens is 4. The van der Waals surface area contributed by atoms with Crippen LogP contribution in [-0.4, -0.2) is 41.1 Å². The van der Waals surface area contributed by atoms with Crippen molar-refractivity contribution in [1.29, 1.82) is 0 Å². The Morgan fingerprint density at radius 2 is 1.68 bits per heavy atom. The third kappa shape index (κ3) is 3.31. The molecule has 0 spiro atoms. The van der Waals surface area contributed by atoms with E-state index in [-0.39, 0.29) is 6.61 Å². The number of hydrogen-bond donors (Lipinski definition) is 0. The molecule has 0 unspecified atom stereocenters. The van der Waals surface area contributed by atoms with Crippen LogP contribution in [-0.2, 0) is 6.61 Å². The molecule has 0 bridgehead atoms. The normalized spacial score (nSPS) is 10.8. The maximum absolute atomic E-state index is 5.80. The molecule has 0 fully saturated rings. The fraction of sp³-hybridized carbons (Fsp3) is 0.211. The van der Waals surface area contributed by atoms with Gasteiger partial charge in [0.05, 0.1) is 26.9 Å². The van der Waals surface area contributed by atoms with Crippen molar-refractivity contribution in [2.24, 2.45) is 0 Å². The van der Waals surface area contributed by atoms with Gasteiger partial charge in [0.1, 0.15) is 18.1 Å². The fourth-order valence-electron chi connectivity index (χ4n) is 2.73. The summed E-state index contributed by atoms with van der Waals surface area (Å²) in [5.74, 6) is 3.37. The molecular weight excluding hydrogens is 380 g/mol. The van der Waals surface area contributed by atoms with Gasteiger partial charge in [-0.05, 0) is 36.4 Å². The second kappa shape index (κ2) is 7.73. The Kier molecular flexibility index (Phi) is 4.98. The van der Waals surface area contributed by atoms with E-state index in [0.29, 0.717) is 28.0 Å². The van der Waals surface area contributed by atoms with Gasteiger partial charge in [-0.1, -0.05) is 17.4 Å². The van der Waals surface area contributed by atoms with E-state index < -0.39 is 0 Å². The molecule has 0 amide bonds. The summed E-state index contributed by atoms with van der Waals surface area (Å²) in [6.07, 6.45) is 0. The lowest BCUT2D eigenvalue weighted by Gasteiger charge is -2.10. The Morgan fingerprint density at radius 1 is 0.893 bits per heavy atom. The summed E-state index contributed by atoms with van der Waals surface area (Å²) in [4.78, 5) is 0.674. The van der Waals surface area contributed by atoms with Gasteiger partial charge in [0.25, 0.3) is 0 Å². The predicted molar refractivity (Wildman–Crippen MR) is 105 cm³/mol. The third-order valence-electron chi connectivity index (χ3n) is 4.12. The Hall–Kier alpha value is -3.33. The number of hydrogen-bond acceptors (Lipinski definition) is 8. The second-order valence-electron chi connectivity index (χ2n) is 5.72. The van der Waals surface area contributed by atoms with E-state index in [2.05, 4.69) is 15.3 Å². The molecule has 4 rings (SSSR count). The zero-order valence-electron chi connectivity index (χ0n) is 15.6. The summed E-state index contributed by atoms with van der Waals surface area (Å²) in [6, 6.07) is 13.0. The van der Waals surface area contributed by atoms with Crippen molar-refractivity contribution in [2.45, 2.75) is 6.61 Å². The highest BCUT2D eigenvalue weighted by Gasteiger charge is 2.18. The SMILES string of the molecule is COc1ccc(OCc2nnc3sc(-c4cccc(OC)c4OC)nn23)cc1. The summed E-state index contributed by atoms with van der Waals surface area (Å²) >= 11 is 1.42. The minimum Gasteiger partial charge on any atom is -0.497 e. The minimum atomic E-state index is 0.242. The molecule has 0 aliphatic heterocycles. The zero-order valence-corrected chi connectivity index (χ0v) is 16.4. The lowest BCUT2D eigenvalue weighted by atomic mass is 10.2. The molecule has 8 nitrogen and oxygen atoms in total. The Morgan fingerprint density at radius 3 is 2.39 bits per heavy atom. The van der Waals surface area contributed by atoms with Crippen LogP contribution in [0.4, 0.5) is 0 Å². The molecular formula is C19H18N4O4S. The van der Waals surface area contributed by atoms with E-state index in [1.165, 1.54) is 11.3 Å². The molecule has 4 aromatic rings. The van der Waals surface area contributed by atoms with E-state index in [0.717, 1.165) is 16.3 Å². The Balaban J connectivity index is 1.60. The van der Waals surface area contributed by atoms with Crippen LogP contribution in [0.2, 0.25) is 0 Å². The highest BCUT2D eigenvalue weighted by atomic mass is 32.1. The molecule has 0 saturated heterocycles. The predicted octanol–water partition coefficient (Wildman–Crippen LogP) is 3.46. The van der Waals surface area contributed by atoms with Gasteiger partial charge in [-0.3, -0.25) is 0 Å². The quantitative estimate of drug-likeness (QED) is 0.472. The van der Waals surface area contributed by atoms with Gasteiger partial charge in [0.2, 0.25) is 4.96 Å². The van der Waals surface area contributed by atoms with Gasteiger partial charge < -0.3 is 18.9 Å². The molecule has 0 aliphatic carbocycles. The first-order chi connectivity index (χ1) is 13.7. The number of rotatable bonds is 7. The van der Waals surface area contributed by atoms with E-state index in [1.807, 2.05) is 42.5 Å². The van der Waals surface area contributed by atoms with Crippen molar-refractivity contribution in [3.8, 4) is 33.6 Å². The van der Waals surface area contributed by atoms with E-state index in [4.69, 9.17) is 18.9 Å². The molecule has 2 heterocycles. The van der Waals surface area contributed by atoms with Crippen molar-refractivity contribution < 1.29 is 18.9 Å². The van der Waals surface area contributed by atoms with Crippen molar-refractivity contribution in [1.82, 2.24) is 19.8 Å². The molecule has 0 atom stereocenters. The standard InChI is InChI=1S/C19H18N4O4S/c1-24-12-7-9-13(10-8-12)27-11-16-20-21-19-23(16)22-18(28-19)14-5-4-6-15(25-2)17(14)26-3/h4-10H,11H2,1-3H3. The van der Waals surface area contributed by atoms with Gasteiger partial charge in [-0.2, -0.15) is 9.61 Å². The van der Waals surface area contributed by atoms with E-state index in [1.54, 1.807) is 25.8 Å². The van der Waals surface area contributed by atoms with Crippen LogP contribution in [0.15, 0.2) is 42.5 Å². The lowest BCUT2D eigenvalue weighted by Crippen LogP contribution is -2.02. The molecule has 2 aromatic heterocycles. The number of nitrogens with zero attached hydrogens (tertiary/aromatic N) is 4. The molecule has 0 N–H and O–H groups in total. The first-order valence-electron chi connectivity index (χ1n) is 8.43. The number of methoxy groups -OCH3 is 3. The molecule has 0 radical (unpaired) electrons. The number of fused-ring (bicyclic) bond motifs is 1. The monoisotopic (exact) mass is 398 g/mol. The minimum absolute atomic E-state index is 0.242. The first kappa shape index (κ1) is 18.1. The summed E-state index contributed by atoms with van der Waals surface area (Å²) in [5, 5.41) is 13.8. The summed E-state index contributed by atoms with van der Waals surface area (Å²) in [5.41, 5.74) is 0.833. The summed E-state index contributed by atoms with van der Waals surface area (Å²) in [6.45, 7) is 0.242. The Bertz CT molecular complexity index is 1090. The van der Waals surface area contributed by atoms with Crippen molar-refractivity contribution in [3.63, 3.8) is 0 Å². The molecule has 144 valence electrons. The van der Waals surface area contributed by atoms with E-state index >= 15 is 0 Å². The second-order valence-corrected chi connectivity index (χ2v) is 6.68. The Labute approximate surface area is 165 Å². The summed E-state index contributed by atoms with van der Waals surface area (Å²) in [7, 11) is 4.84. The van der Waals surface area contributed by atoms with Crippen LogP contribution < -0.4 is 18.9 Å². The van der Waals surface area contributed by atoms with Crippen molar-refractivity contribution >= 4 is 16.3 Å². The highest BCUT2D eigenvalue weighted by Crippen LogP contribution is 2.39. The summed E-state index contributed by atoms with van der Waals surface area (Å²) < 4.78 is 23.5. The van der Waals surface area contributed by atoms with E-state index in [9.17, 15) is 0 Å². The van der Waals surface area contributed by atoms with Gasteiger partial charge in [-0.25, -0.2) is 0 Å². The third-order valence-corrected chi connectivity index (χ3v) is 5.05. The first-order valence-corrected chi connectivity index (χ1v) is 9.24. The van der Waals surface area contributed by atoms with Gasteiger partial charge in [-0.15, -0.1) is 10.2 Å². The van der Waals surface area contributed by atoms with Gasteiger partial charge in [0, 0.05) is 0 Å². The number of ether oxygens (including phenoxy) is 4. The maximum atomic E-state index is 5.80.